The van der Waals surface area contributed by atoms with Crippen LogP contribution in [0.5, 0.6) is 0 Å². The molecule has 0 saturated carbocycles. The van der Waals surface area contributed by atoms with Crippen LogP contribution in [0.25, 0.3) is 0 Å². The summed E-state index contributed by atoms with van der Waals surface area (Å²) in [5, 5.41) is 12.2. The molecular weight excluding hydrogens is 306 g/mol. The minimum atomic E-state index is -0.833. The summed E-state index contributed by atoms with van der Waals surface area (Å²) in [6, 6.07) is 2.55. The molecule has 2 unspecified atom stereocenters. The molecule has 126 valence electrons. The average molecular weight is 326 g/mol. The number of para-hydroxylation sites is 1. The van der Waals surface area contributed by atoms with Crippen molar-refractivity contribution in [3.8, 4) is 0 Å². The van der Waals surface area contributed by atoms with Gasteiger partial charge in [-0.25, -0.2) is 8.78 Å². The summed E-state index contributed by atoms with van der Waals surface area (Å²) in [4.78, 5) is 25.1. The third-order valence-corrected chi connectivity index (χ3v) is 3.91. The summed E-state index contributed by atoms with van der Waals surface area (Å²) in [7, 11) is 0. The molecule has 1 aromatic carbocycles. The van der Waals surface area contributed by atoms with E-state index in [2.05, 4.69) is 5.32 Å². The Hall–Kier alpha value is -2.02. The number of nitrogens with zero attached hydrogens (tertiary/aromatic N) is 1. The second kappa shape index (κ2) is 7.04. The van der Waals surface area contributed by atoms with Gasteiger partial charge in [0.2, 0.25) is 11.8 Å². The Balaban J connectivity index is 2.03. The van der Waals surface area contributed by atoms with Gasteiger partial charge in [0, 0.05) is 6.54 Å². The molecule has 5 nitrogen and oxygen atoms in total. The number of aliphatic hydroxyl groups excluding tert-OH is 1. The maximum atomic E-state index is 13.8. The van der Waals surface area contributed by atoms with Gasteiger partial charge in [0.15, 0.2) is 0 Å². The third-order valence-electron chi connectivity index (χ3n) is 3.91. The highest BCUT2D eigenvalue weighted by atomic mass is 19.1. The topological polar surface area (TPSA) is 69.6 Å². The monoisotopic (exact) mass is 326 g/mol. The Morgan fingerprint density at radius 3 is 2.57 bits per heavy atom. The fraction of sp³-hybridized carbons (Fsp3) is 0.500. The number of aliphatic hydroxyl groups is 1. The van der Waals surface area contributed by atoms with E-state index in [1.165, 1.54) is 6.07 Å². The van der Waals surface area contributed by atoms with Crippen molar-refractivity contribution in [1.82, 2.24) is 5.32 Å². The lowest BCUT2D eigenvalue weighted by molar-refractivity contribution is -0.128. The molecule has 0 radical (unpaired) electrons. The zero-order chi connectivity index (χ0) is 17.1. The number of nitrogens with one attached hydrogen (secondary N) is 1. The van der Waals surface area contributed by atoms with E-state index in [0.29, 0.717) is 0 Å². The lowest BCUT2D eigenvalue weighted by Gasteiger charge is -2.19. The normalized spacial score (nSPS) is 19.3. The fourth-order valence-electron chi connectivity index (χ4n) is 2.46. The maximum absolute atomic E-state index is 13.8. The van der Waals surface area contributed by atoms with Crippen molar-refractivity contribution >= 4 is 17.5 Å². The van der Waals surface area contributed by atoms with Crippen LogP contribution in [0, 0.1) is 17.6 Å². The Bertz CT molecular complexity index is 587. The van der Waals surface area contributed by atoms with Crippen LogP contribution in [0.3, 0.4) is 0 Å². The molecule has 0 spiro atoms. The van der Waals surface area contributed by atoms with E-state index in [1.807, 2.05) is 0 Å². The molecule has 1 aliphatic rings. The van der Waals surface area contributed by atoms with Crippen molar-refractivity contribution in [2.24, 2.45) is 5.92 Å². The molecule has 7 heteroatoms. The second-order valence-corrected chi connectivity index (χ2v) is 5.98. The van der Waals surface area contributed by atoms with Crippen molar-refractivity contribution in [2.75, 3.05) is 11.4 Å². The van der Waals surface area contributed by atoms with Gasteiger partial charge in [-0.1, -0.05) is 19.9 Å². The molecule has 1 heterocycles. The zero-order valence-corrected chi connectivity index (χ0v) is 13.1. The van der Waals surface area contributed by atoms with E-state index in [-0.39, 0.29) is 25.3 Å². The number of hydrogen-bond acceptors (Lipinski definition) is 3. The van der Waals surface area contributed by atoms with Crippen LogP contribution in [0.2, 0.25) is 0 Å². The lowest BCUT2D eigenvalue weighted by Crippen LogP contribution is -2.43. The van der Waals surface area contributed by atoms with E-state index in [0.717, 1.165) is 17.0 Å². The predicted molar refractivity (Wildman–Crippen MR) is 80.7 cm³/mol. The van der Waals surface area contributed by atoms with Crippen molar-refractivity contribution in [2.45, 2.75) is 38.8 Å². The highest BCUT2D eigenvalue weighted by molar-refractivity contribution is 6.01. The predicted octanol–water partition coefficient (Wildman–Crippen LogP) is 1.59. The molecule has 0 aromatic heterocycles. The van der Waals surface area contributed by atoms with Crippen LogP contribution in [-0.2, 0) is 9.59 Å². The minimum absolute atomic E-state index is 0.0796. The minimum Gasteiger partial charge on any atom is -0.392 e. The van der Waals surface area contributed by atoms with Gasteiger partial charge in [-0.15, -0.1) is 0 Å². The van der Waals surface area contributed by atoms with Gasteiger partial charge in [0.05, 0.1) is 12.5 Å². The number of carbonyl (C=O) groups excluding carboxylic acids is 2. The van der Waals surface area contributed by atoms with E-state index in [1.54, 1.807) is 13.8 Å². The summed E-state index contributed by atoms with van der Waals surface area (Å²) >= 11 is 0. The second-order valence-electron chi connectivity index (χ2n) is 5.98. The van der Waals surface area contributed by atoms with Gasteiger partial charge in [0.25, 0.3) is 0 Å². The first-order valence-corrected chi connectivity index (χ1v) is 7.54. The molecule has 2 atom stereocenters. The van der Waals surface area contributed by atoms with Crippen molar-refractivity contribution < 1.29 is 23.5 Å². The Labute approximate surface area is 133 Å². The van der Waals surface area contributed by atoms with E-state index in [9.17, 15) is 23.5 Å². The van der Waals surface area contributed by atoms with E-state index in [4.69, 9.17) is 0 Å². The van der Waals surface area contributed by atoms with Gasteiger partial charge >= 0.3 is 0 Å². The number of benzene rings is 1. The van der Waals surface area contributed by atoms with Crippen molar-refractivity contribution in [3.05, 3.63) is 29.8 Å². The van der Waals surface area contributed by atoms with Crippen molar-refractivity contribution in [3.63, 3.8) is 0 Å². The van der Waals surface area contributed by atoms with Crippen LogP contribution < -0.4 is 10.2 Å². The summed E-state index contributed by atoms with van der Waals surface area (Å²) in [6.07, 6.45) is -0.655. The molecule has 1 aliphatic heterocycles. The third kappa shape index (κ3) is 3.85. The Morgan fingerprint density at radius 1 is 1.39 bits per heavy atom. The summed E-state index contributed by atoms with van der Waals surface area (Å²) in [6.45, 7) is 3.68. The molecular formula is C16H20F2N2O3. The van der Waals surface area contributed by atoms with Crippen LogP contribution in [-0.4, -0.2) is 35.6 Å². The molecule has 2 amide bonds. The highest BCUT2D eigenvalue weighted by Gasteiger charge is 2.36. The standard InChI is InChI=1S/C16H20F2N2O3/c1-9(2)13(21)8-14(22)19-12-6-7-20(16(12)23)15-10(17)4-3-5-11(15)18/h3-5,9,12-13,21H,6-8H2,1-2H3,(H,19,22). The first-order chi connectivity index (χ1) is 10.8. The number of amides is 2. The Morgan fingerprint density at radius 2 is 2.00 bits per heavy atom. The molecule has 23 heavy (non-hydrogen) atoms. The average Bonchev–Trinajstić information content (AvgIpc) is 2.80. The van der Waals surface area contributed by atoms with Crippen LogP contribution in [0.4, 0.5) is 14.5 Å². The molecule has 2 rings (SSSR count). The summed E-state index contributed by atoms with van der Waals surface area (Å²) in [5.41, 5.74) is -0.392. The first kappa shape index (κ1) is 17.3. The number of carbonyl (C=O) groups is 2. The first-order valence-electron chi connectivity index (χ1n) is 7.54. The lowest BCUT2D eigenvalue weighted by atomic mass is 10.0. The largest absolute Gasteiger partial charge is 0.392 e. The van der Waals surface area contributed by atoms with Crippen LogP contribution >= 0.6 is 0 Å². The molecule has 1 saturated heterocycles. The molecule has 1 fully saturated rings. The number of halogens is 2. The summed E-state index contributed by atoms with van der Waals surface area (Å²) in [5.74, 6) is -2.73. The number of hydrogen-bond donors (Lipinski definition) is 2. The number of rotatable bonds is 5. The quantitative estimate of drug-likeness (QED) is 0.863. The van der Waals surface area contributed by atoms with Crippen molar-refractivity contribution in [1.29, 1.82) is 0 Å². The fourth-order valence-corrected chi connectivity index (χ4v) is 2.46. The van der Waals surface area contributed by atoms with Gasteiger partial charge in [0.1, 0.15) is 23.4 Å². The van der Waals surface area contributed by atoms with Gasteiger partial charge in [-0.05, 0) is 24.5 Å². The summed E-state index contributed by atoms with van der Waals surface area (Å²) < 4.78 is 27.5. The molecule has 1 aromatic rings. The highest BCUT2D eigenvalue weighted by Crippen LogP contribution is 2.27. The number of anilines is 1. The van der Waals surface area contributed by atoms with Gasteiger partial charge in [-0.3, -0.25) is 9.59 Å². The van der Waals surface area contributed by atoms with Crippen LogP contribution in [0.1, 0.15) is 26.7 Å². The molecule has 0 aliphatic carbocycles. The van der Waals surface area contributed by atoms with Gasteiger partial charge in [-0.2, -0.15) is 0 Å². The van der Waals surface area contributed by atoms with E-state index < -0.39 is 41.3 Å². The van der Waals surface area contributed by atoms with Crippen LogP contribution in [0.15, 0.2) is 18.2 Å². The maximum Gasteiger partial charge on any atom is 0.249 e. The zero-order valence-electron chi connectivity index (χ0n) is 13.1. The molecule has 2 N–H and O–H groups in total. The smallest absolute Gasteiger partial charge is 0.249 e. The molecule has 0 bridgehead atoms. The van der Waals surface area contributed by atoms with Gasteiger partial charge < -0.3 is 15.3 Å². The SMILES string of the molecule is CC(C)C(O)CC(=O)NC1CCN(c2c(F)cccc2F)C1=O. The Kier molecular flexibility index (Phi) is 5.30. The van der Waals surface area contributed by atoms with E-state index >= 15 is 0 Å².